The minimum Gasteiger partial charge on any atom is -0.359 e. The third kappa shape index (κ3) is 5.49. The maximum Gasteiger partial charge on any atom is 0.253 e. The van der Waals surface area contributed by atoms with Gasteiger partial charge in [0.05, 0.1) is 18.8 Å². The van der Waals surface area contributed by atoms with E-state index in [1.54, 1.807) is 29.3 Å². The fourth-order valence-electron chi connectivity index (χ4n) is 5.88. The first kappa shape index (κ1) is 26.1. The molecule has 3 aliphatic rings. The van der Waals surface area contributed by atoms with Gasteiger partial charge >= 0.3 is 0 Å². The van der Waals surface area contributed by atoms with Crippen LogP contribution in [0.25, 0.3) is 11.1 Å². The number of halogens is 2. The van der Waals surface area contributed by atoms with E-state index in [-0.39, 0.29) is 18.4 Å². The van der Waals surface area contributed by atoms with Gasteiger partial charge in [0.25, 0.3) is 5.91 Å². The van der Waals surface area contributed by atoms with Crippen molar-refractivity contribution in [1.29, 1.82) is 0 Å². The molecule has 0 saturated carbocycles. The SMILES string of the molecule is O=C(c1ccc(-c2cnc3c(c2)N(Cc2cc(Cl)ccc2Cl)C(=O)CN3)cc1)N1CCC(N2CCCC2)CC1. The number of anilines is 2. The number of hydrogen-bond donors (Lipinski definition) is 1. The molecule has 1 N–H and O–H groups in total. The number of benzene rings is 2. The minimum absolute atomic E-state index is 0.0769. The summed E-state index contributed by atoms with van der Waals surface area (Å²) < 4.78 is 0. The molecular weight excluding hydrogens is 533 g/mol. The van der Waals surface area contributed by atoms with Crippen LogP contribution in [-0.2, 0) is 11.3 Å². The molecule has 7 nitrogen and oxygen atoms in total. The summed E-state index contributed by atoms with van der Waals surface area (Å²) in [6.07, 6.45) is 6.48. The summed E-state index contributed by atoms with van der Waals surface area (Å²) >= 11 is 12.6. The van der Waals surface area contributed by atoms with Crippen molar-refractivity contribution in [2.75, 3.05) is 42.9 Å². The van der Waals surface area contributed by atoms with Crippen LogP contribution in [0.15, 0.2) is 54.7 Å². The monoisotopic (exact) mass is 563 g/mol. The predicted octanol–water partition coefficient (Wildman–Crippen LogP) is 5.71. The molecule has 9 heteroatoms. The Bertz CT molecular complexity index is 1380. The maximum atomic E-state index is 13.2. The smallest absolute Gasteiger partial charge is 0.253 e. The Kier molecular flexibility index (Phi) is 7.47. The van der Waals surface area contributed by atoms with Crippen LogP contribution in [-0.4, -0.2) is 65.4 Å². The highest BCUT2D eigenvalue weighted by atomic mass is 35.5. The number of carbonyl (C=O) groups excluding carboxylic acids is 2. The van der Waals surface area contributed by atoms with Crippen molar-refractivity contribution in [3.05, 3.63) is 75.9 Å². The number of piperidine rings is 1. The van der Waals surface area contributed by atoms with Crippen LogP contribution in [0.5, 0.6) is 0 Å². The number of nitrogens with zero attached hydrogens (tertiary/aromatic N) is 4. The van der Waals surface area contributed by atoms with Crippen molar-refractivity contribution in [2.45, 2.75) is 38.3 Å². The Morgan fingerprint density at radius 1 is 0.949 bits per heavy atom. The number of nitrogens with one attached hydrogen (secondary N) is 1. The fourth-order valence-corrected chi connectivity index (χ4v) is 6.25. The lowest BCUT2D eigenvalue weighted by Crippen LogP contribution is -2.45. The third-order valence-corrected chi connectivity index (χ3v) is 8.68. The Balaban J connectivity index is 1.17. The average molecular weight is 565 g/mol. The molecule has 2 fully saturated rings. The molecule has 4 heterocycles. The number of aromatic nitrogens is 1. The van der Waals surface area contributed by atoms with Crippen LogP contribution in [0.1, 0.15) is 41.6 Å². The molecule has 202 valence electrons. The van der Waals surface area contributed by atoms with Gasteiger partial charge in [-0.2, -0.15) is 0 Å². The van der Waals surface area contributed by atoms with E-state index in [0.717, 1.165) is 42.6 Å². The normalized spacial score (nSPS) is 18.3. The van der Waals surface area contributed by atoms with E-state index < -0.39 is 0 Å². The molecule has 0 aliphatic carbocycles. The summed E-state index contributed by atoms with van der Waals surface area (Å²) in [6.45, 7) is 4.47. The summed E-state index contributed by atoms with van der Waals surface area (Å²) in [7, 11) is 0. The molecule has 3 aliphatic heterocycles. The number of fused-ring (bicyclic) bond motifs is 1. The lowest BCUT2D eigenvalue weighted by molar-refractivity contribution is -0.117. The van der Waals surface area contributed by atoms with E-state index in [2.05, 4.69) is 15.2 Å². The number of amides is 2. The molecule has 0 unspecified atom stereocenters. The van der Waals surface area contributed by atoms with Gasteiger partial charge in [-0.05, 0) is 86.3 Å². The summed E-state index contributed by atoms with van der Waals surface area (Å²) in [5.74, 6) is 0.650. The first-order valence-electron chi connectivity index (χ1n) is 13.6. The molecular formula is C30H31Cl2N5O2. The second-order valence-corrected chi connectivity index (χ2v) is 11.3. The molecule has 0 bridgehead atoms. The van der Waals surface area contributed by atoms with Crippen molar-refractivity contribution in [3.8, 4) is 11.1 Å². The quantitative estimate of drug-likeness (QED) is 0.430. The first-order chi connectivity index (χ1) is 19.0. The molecule has 2 saturated heterocycles. The molecule has 39 heavy (non-hydrogen) atoms. The van der Waals surface area contributed by atoms with Gasteiger partial charge in [0.1, 0.15) is 0 Å². The Morgan fingerprint density at radius 2 is 1.69 bits per heavy atom. The highest BCUT2D eigenvalue weighted by Crippen LogP contribution is 2.34. The van der Waals surface area contributed by atoms with Gasteiger partial charge in [-0.3, -0.25) is 9.59 Å². The van der Waals surface area contributed by atoms with Crippen molar-refractivity contribution in [3.63, 3.8) is 0 Å². The molecule has 2 aromatic carbocycles. The van der Waals surface area contributed by atoms with Gasteiger partial charge < -0.3 is 20.0 Å². The number of rotatable bonds is 5. The van der Waals surface area contributed by atoms with E-state index in [1.165, 1.54) is 25.9 Å². The summed E-state index contributed by atoms with van der Waals surface area (Å²) in [6, 6.07) is 15.5. The number of carbonyl (C=O) groups is 2. The molecule has 1 aromatic heterocycles. The van der Waals surface area contributed by atoms with E-state index in [9.17, 15) is 9.59 Å². The van der Waals surface area contributed by atoms with Crippen LogP contribution in [0, 0.1) is 0 Å². The zero-order chi connectivity index (χ0) is 26.9. The Hall–Kier alpha value is -3.13. The van der Waals surface area contributed by atoms with Gasteiger partial charge in [0, 0.05) is 46.5 Å². The van der Waals surface area contributed by atoms with Crippen molar-refractivity contribution in [1.82, 2.24) is 14.8 Å². The number of likely N-dealkylation sites (tertiary alicyclic amines) is 2. The topological polar surface area (TPSA) is 68.8 Å². The van der Waals surface area contributed by atoms with Crippen molar-refractivity contribution < 1.29 is 9.59 Å². The van der Waals surface area contributed by atoms with E-state index in [4.69, 9.17) is 23.2 Å². The van der Waals surface area contributed by atoms with Gasteiger partial charge in [0.15, 0.2) is 5.82 Å². The Morgan fingerprint density at radius 3 is 2.44 bits per heavy atom. The van der Waals surface area contributed by atoms with Crippen molar-refractivity contribution in [2.24, 2.45) is 0 Å². The second kappa shape index (κ2) is 11.2. The van der Waals surface area contributed by atoms with Gasteiger partial charge in [-0.25, -0.2) is 4.98 Å². The number of hydrogen-bond acceptors (Lipinski definition) is 5. The van der Waals surface area contributed by atoms with E-state index in [0.29, 0.717) is 39.7 Å². The lowest BCUT2D eigenvalue weighted by Gasteiger charge is -2.36. The van der Waals surface area contributed by atoms with Gasteiger partial charge in [-0.15, -0.1) is 0 Å². The number of pyridine rings is 1. The summed E-state index contributed by atoms with van der Waals surface area (Å²) in [4.78, 5) is 36.9. The van der Waals surface area contributed by atoms with E-state index in [1.807, 2.05) is 35.2 Å². The average Bonchev–Trinajstić information content (AvgIpc) is 3.51. The molecule has 0 atom stereocenters. The van der Waals surface area contributed by atoms with E-state index >= 15 is 0 Å². The van der Waals surface area contributed by atoms with Crippen LogP contribution in [0.2, 0.25) is 10.0 Å². The highest BCUT2D eigenvalue weighted by molar-refractivity contribution is 6.33. The fraction of sp³-hybridized carbons (Fsp3) is 0.367. The van der Waals surface area contributed by atoms with Crippen LogP contribution in [0.3, 0.4) is 0 Å². The zero-order valence-electron chi connectivity index (χ0n) is 21.7. The van der Waals surface area contributed by atoms with Crippen LogP contribution >= 0.6 is 23.2 Å². The molecule has 2 amide bonds. The summed E-state index contributed by atoms with van der Waals surface area (Å²) in [5.41, 5.74) is 3.92. The van der Waals surface area contributed by atoms with Gasteiger partial charge in [-0.1, -0.05) is 35.3 Å². The molecule has 0 spiro atoms. The third-order valence-electron chi connectivity index (χ3n) is 8.08. The first-order valence-corrected chi connectivity index (χ1v) is 14.3. The maximum absolute atomic E-state index is 13.2. The van der Waals surface area contributed by atoms with Crippen molar-refractivity contribution >= 4 is 46.5 Å². The predicted molar refractivity (Wildman–Crippen MR) is 156 cm³/mol. The second-order valence-electron chi connectivity index (χ2n) is 10.5. The standard InChI is InChI=1S/C30H31Cl2N5O2/c31-24-7-8-26(32)23(15-24)19-37-27-16-22(17-33-29(27)34-18-28(37)38)20-3-5-21(6-4-20)30(39)36-13-9-25(10-14-36)35-11-1-2-12-35/h3-8,15-17,25H,1-2,9-14,18-19H2,(H,33,34). The van der Waals surface area contributed by atoms with Gasteiger partial charge in [0.2, 0.25) is 5.91 Å². The van der Waals surface area contributed by atoms with Crippen LogP contribution < -0.4 is 10.2 Å². The minimum atomic E-state index is -0.0769. The summed E-state index contributed by atoms with van der Waals surface area (Å²) in [5, 5.41) is 4.22. The lowest BCUT2D eigenvalue weighted by atomic mass is 10.0. The van der Waals surface area contributed by atoms with Crippen LogP contribution in [0.4, 0.5) is 11.5 Å². The Labute approximate surface area is 238 Å². The zero-order valence-corrected chi connectivity index (χ0v) is 23.2. The molecule has 3 aromatic rings. The highest BCUT2D eigenvalue weighted by Gasteiger charge is 2.29. The molecule has 6 rings (SSSR count). The largest absolute Gasteiger partial charge is 0.359 e. The molecule has 0 radical (unpaired) electrons.